The van der Waals surface area contributed by atoms with Gasteiger partial charge >= 0.3 is 5.97 Å². The highest BCUT2D eigenvalue weighted by Gasteiger charge is 2.39. The Morgan fingerprint density at radius 2 is 2.05 bits per heavy atom. The minimum absolute atomic E-state index is 0.0407. The maximum atomic E-state index is 11.9. The molecule has 0 aromatic heterocycles. The van der Waals surface area contributed by atoms with Crippen LogP contribution in [0.15, 0.2) is 5.11 Å². The topological polar surface area (TPSA) is 75.1 Å². The van der Waals surface area contributed by atoms with E-state index in [1.807, 2.05) is 13.8 Å². The van der Waals surface area contributed by atoms with Crippen molar-refractivity contribution in [2.45, 2.75) is 77.4 Å². The molecule has 1 heterocycles. The number of rotatable bonds is 6. The Morgan fingerprint density at radius 1 is 1.33 bits per heavy atom. The SMILES string of the molecule is CC(C)[C@@H]1C[C@@H]([C@H](CCC2CCCCC2)N=[N+]=[N-])OC1=O. The smallest absolute Gasteiger partial charge is 0.309 e. The van der Waals surface area contributed by atoms with Crippen LogP contribution in [0.25, 0.3) is 10.4 Å². The van der Waals surface area contributed by atoms with Gasteiger partial charge in [0.15, 0.2) is 0 Å². The molecule has 0 radical (unpaired) electrons. The molecule has 2 aliphatic rings. The van der Waals surface area contributed by atoms with Crippen LogP contribution in [-0.4, -0.2) is 18.1 Å². The molecule has 0 unspecified atom stereocenters. The number of azide groups is 1. The number of nitrogens with zero attached hydrogens (tertiary/aromatic N) is 3. The highest BCUT2D eigenvalue weighted by atomic mass is 16.6. The standard InChI is InChI=1S/C16H27N3O2/c1-11(2)13-10-15(21-16(13)20)14(18-19-17)9-8-12-6-4-3-5-7-12/h11-15H,3-10H2,1-2H3/t13-,14-,15-/m0/s1. The average Bonchev–Trinajstić information content (AvgIpc) is 2.86. The highest BCUT2D eigenvalue weighted by Crippen LogP contribution is 2.34. The van der Waals surface area contributed by atoms with Crippen LogP contribution in [0.5, 0.6) is 0 Å². The quantitative estimate of drug-likeness (QED) is 0.310. The number of hydrogen-bond acceptors (Lipinski definition) is 3. The second-order valence-corrected chi connectivity index (χ2v) is 6.92. The van der Waals surface area contributed by atoms with E-state index in [1.165, 1.54) is 32.1 Å². The zero-order valence-electron chi connectivity index (χ0n) is 13.2. The Balaban J connectivity index is 1.89. The number of cyclic esters (lactones) is 1. The highest BCUT2D eigenvalue weighted by molar-refractivity contribution is 5.75. The van der Waals surface area contributed by atoms with Gasteiger partial charge in [-0.2, -0.15) is 0 Å². The Morgan fingerprint density at radius 3 is 2.62 bits per heavy atom. The minimum Gasteiger partial charge on any atom is -0.462 e. The summed E-state index contributed by atoms with van der Waals surface area (Å²) in [6.07, 6.45) is 9.00. The molecule has 2 rings (SSSR count). The van der Waals surface area contributed by atoms with Crippen molar-refractivity contribution < 1.29 is 9.53 Å². The first-order valence-corrected chi connectivity index (χ1v) is 8.36. The lowest BCUT2D eigenvalue weighted by Gasteiger charge is -2.24. The van der Waals surface area contributed by atoms with Gasteiger partial charge in [0.05, 0.1) is 12.0 Å². The third kappa shape index (κ3) is 4.37. The van der Waals surface area contributed by atoms with Gasteiger partial charge in [-0.05, 0) is 36.6 Å². The van der Waals surface area contributed by atoms with Crippen LogP contribution in [0.3, 0.4) is 0 Å². The lowest BCUT2D eigenvalue weighted by atomic mass is 9.84. The summed E-state index contributed by atoms with van der Waals surface area (Å²) in [5.74, 6) is 0.882. The molecule has 3 atom stereocenters. The molecule has 1 saturated heterocycles. The molecule has 5 heteroatoms. The van der Waals surface area contributed by atoms with E-state index in [-0.39, 0.29) is 30.0 Å². The van der Waals surface area contributed by atoms with E-state index in [0.29, 0.717) is 6.42 Å². The van der Waals surface area contributed by atoms with Crippen molar-refractivity contribution in [2.75, 3.05) is 0 Å². The molecule has 5 nitrogen and oxygen atoms in total. The fourth-order valence-electron chi connectivity index (χ4n) is 3.68. The van der Waals surface area contributed by atoms with Crippen molar-refractivity contribution in [1.29, 1.82) is 0 Å². The lowest BCUT2D eigenvalue weighted by molar-refractivity contribution is -0.145. The Kier molecular flexibility index (Phi) is 5.92. The number of hydrogen-bond donors (Lipinski definition) is 0. The van der Waals surface area contributed by atoms with Crippen LogP contribution < -0.4 is 0 Å². The fraction of sp³-hybridized carbons (Fsp3) is 0.938. The molecule has 1 aliphatic heterocycles. The van der Waals surface area contributed by atoms with E-state index in [1.54, 1.807) is 0 Å². The number of carbonyl (C=O) groups excluding carboxylic acids is 1. The summed E-state index contributed by atoms with van der Waals surface area (Å²) >= 11 is 0. The Hall–Kier alpha value is -1.22. The monoisotopic (exact) mass is 293 g/mol. The number of ether oxygens (including phenoxy) is 1. The number of carbonyl (C=O) groups is 1. The first kappa shape index (κ1) is 16.2. The predicted molar refractivity (Wildman–Crippen MR) is 81.6 cm³/mol. The van der Waals surface area contributed by atoms with Crippen molar-refractivity contribution >= 4 is 5.97 Å². The van der Waals surface area contributed by atoms with Crippen molar-refractivity contribution in [3.63, 3.8) is 0 Å². The first-order valence-electron chi connectivity index (χ1n) is 8.36. The summed E-state index contributed by atoms with van der Waals surface area (Å²) in [6, 6.07) is -0.190. The molecule has 0 aromatic rings. The normalized spacial score (nSPS) is 28.2. The third-order valence-electron chi connectivity index (χ3n) is 5.09. The first-order chi connectivity index (χ1) is 10.1. The molecule has 1 saturated carbocycles. The summed E-state index contributed by atoms with van der Waals surface area (Å²) in [5, 5.41) is 3.92. The summed E-state index contributed by atoms with van der Waals surface area (Å²) < 4.78 is 5.49. The zero-order chi connectivity index (χ0) is 15.2. The van der Waals surface area contributed by atoms with Gasteiger partial charge in [0.1, 0.15) is 6.10 Å². The molecule has 0 amide bonds. The predicted octanol–water partition coefficient (Wildman–Crippen LogP) is 4.61. The second-order valence-electron chi connectivity index (χ2n) is 6.92. The average molecular weight is 293 g/mol. The number of esters is 1. The largest absolute Gasteiger partial charge is 0.462 e. The van der Waals surface area contributed by atoms with Crippen LogP contribution in [-0.2, 0) is 9.53 Å². The Bertz CT molecular complexity index is 398. The van der Waals surface area contributed by atoms with Gasteiger partial charge in [0, 0.05) is 4.91 Å². The summed E-state index contributed by atoms with van der Waals surface area (Å²) in [6.45, 7) is 4.08. The molecule has 1 aliphatic carbocycles. The van der Waals surface area contributed by atoms with Crippen molar-refractivity contribution in [2.24, 2.45) is 22.9 Å². The van der Waals surface area contributed by atoms with Gasteiger partial charge in [0.25, 0.3) is 0 Å². The van der Waals surface area contributed by atoms with Crippen molar-refractivity contribution in [3.05, 3.63) is 10.4 Å². The van der Waals surface area contributed by atoms with E-state index in [0.717, 1.165) is 18.8 Å². The maximum Gasteiger partial charge on any atom is 0.309 e. The van der Waals surface area contributed by atoms with Crippen molar-refractivity contribution in [3.8, 4) is 0 Å². The fourth-order valence-corrected chi connectivity index (χ4v) is 3.68. The van der Waals surface area contributed by atoms with Crippen LogP contribution in [0.1, 0.15) is 65.2 Å². The van der Waals surface area contributed by atoms with Crippen LogP contribution >= 0.6 is 0 Å². The van der Waals surface area contributed by atoms with Gasteiger partial charge in [-0.1, -0.05) is 51.1 Å². The second kappa shape index (κ2) is 7.69. The molecule has 2 fully saturated rings. The lowest BCUT2D eigenvalue weighted by Crippen LogP contribution is -2.25. The minimum atomic E-state index is -0.218. The molecule has 0 N–H and O–H groups in total. The molecular weight excluding hydrogens is 266 g/mol. The molecule has 0 bridgehead atoms. The van der Waals surface area contributed by atoms with E-state index < -0.39 is 0 Å². The Labute approximate surface area is 127 Å². The van der Waals surface area contributed by atoms with Crippen LogP contribution in [0.2, 0.25) is 0 Å². The van der Waals surface area contributed by atoms with Gasteiger partial charge < -0.3 is 4.74 Å². The van der Waals surface area contributed by atoms with Crippen LogP contribution in [0, 0.1) is 17.8 Å². The van der Waals surface area contributed by atoms with Gasteiger partial charge in [-0.3, -0.25) is 4.79 Å². The molecule has 21 heavy (non-hydrogen) atoms. The van der Waals surface area contributed by atoms with E-state index in [4.69, 9.17) is 10.3 Å². The van der Waals surface area contributed by atoms with Crippen LogP contribution in [0.4, 0.5) is 0 Å². The van der Waals surface area contributed by atoms with Gasteiger partial charge in [-0.15, -0.1) is 0 Å². The van der Waals surface area contributed by atoms with Crippen molar-refractivity contribution in [1.82, 2.24) is 0 Å². The summed E-state index contributed by atoms with van der Waals surface area (Å²) in [7, 11) is 0. The zero-order valence-corrected chi connectivity index (χ0v) is 13.2. The third-order valence-corrected chi connectivity index (χ3v) is 5.09. The molecular formula is C16H27N3O2. The molecule has 0 aromatic carbocycles. The van der Waals surface area contributed by atoms with E-state index in [9.17, 15) is 4.79 Å². The van der Waals surface area contributed by atoms with Gasteiger partial charge in [-0.25, -0.2) is 0 Å². The van der Waals surface area contributed by atoms with Gasteiger partial charge in [0.2, 0.25) is 0 Å². The molecule has 118 valence electrons. The van der Waals surface area contributed by atoms with E-state index >= 15 is 0 Å². The summed E-state index contributed by atoms with van der Waals surface area (Å²) in [5.41, 5.74) is 8.79. The summed E-state index contributed by atoms with van der Waals surface area (Å²) in [4.78, 5) is 14.9. The maximum absolute atomic E-state index is 11.9. The molecule has 0 spiro atoms. The van der Waals surface area contributed by atoms with E-state index in [2.05, 4.69) is 10.0 Å².